The van der Waals surface area contributed by atoms with Gasteiger partial charge in [0.1, 0.15) is 10.7 Å². The lowest BCUT2D eigenvalue weighted by molar-refractivity contribution is 0.600. The van der Waals surface area contributed by atoms with Crippen molar-refractivity contribution in [2.24, 2.45) is 0 Å². The lowest BCUT2D eigenvalue weighted by Crippen LogP contribution is -2.13. The fraction of sp³-hybridized carbons (Fsp3) is 0. The van der Waals surface area contributed by atoms with Crippen LogP contribution in [0.3, 0.4) is 0 Å². The molecule has 88 valence electrons. The molecule has 0 saturated carbocycles. The molecule has 1 N–H and O–H groups in total. The molecule has 0 fully saturated rings. The minimum Gasteiger partial charge on any atom is -0.263 e. The van der Waals surface area contributed by atoms with Gasteiger partial charge in [-0.05, 0) is 24.3 Å². The Hall–Kier alpha value is -1.47. The number of hydrogen-bond acceptors (Lipinski definition) is 4. The van der Waals surface area contributed by atoms with Gasteiger partial charge in [-0.15, -0.1) is 0 Å². The number of nitrogens with zero attached hydrogens (tertiary/aromatic N) is 2. The minimum absolute atomic E-state index is 0.0989. The molecule has 17 heavy (non-hydrogen) atoms. The summed E-state index contributed by atoms with van der Waals surface area (Å²) in [7, 11) is -3.63. The van der Waals surface area contributed by atoms with Crippen LogP contribution in [-0.4, -0.2) is 18.4 Å². The largest absolute Gasteiger partial charge is 0.264 e. The number of pyridine rings is 2. The second-order valence-electron chi connectivity index (χ2n) is 3.15. The van der Waals surface area contributed by atoms with Gasteiger partial charge in [0.05, 0.1) is 0 Å². The predicted molar refractivity (Wildman–Crippen MR) is 67.0 cm³/mol. The Balaban J connectivity index is 2.30. The van der Waals surface area contributed by atoms with Crippen molar-refractivity contribution >= 4 is 31.8 Å². The Bertz CT molecular complexity index is 616. The summed E-state index contributed by atoms with van der Waals surface area (Å²) in [5.74, 6) is 0.253. The van der Waals surface area contributed by atoms with E-state index in [1.807, 2.05) is 0 Å². The van der Waals surface area contributed by atoms with Crippen molar-refractivity contribution in [2.45, 2.75) is 4.90 Å². The van der Waals surface area contributed by atoms with E-state index in [0.29, 0.717) is 0 Å². The van der Waals surface area contributed by atoms with Gasteiger partial charge in [0.2, 0.25) is 0 Å². The third kappa shape index (κ3) is 3.01. The summed E-state index contributed by atoms with van der Waals surface area (Å²) >= 11 is 3.24. The molecule has 2 heterocycles. The van der Waals surface area contributed by atoms with Crippen molar-refractivity contribution in [3.05, 3.63) is 47.3 Å². The number of rotatable bonds is 3. The van der Waals surface area contributed by atoms with Crippen LogP contribution in [-0.2, 0) is 10.0 Å². The molecule has 0 saturated heterocycles. The van der Waals surface area contributed by atoms with Crippen molar-refractivity contribution in [2.75, 3.05) is 4.72 Å². The minimum atomic E-state index is -3.63. The summed E-state index contributed by atoms with van der Waals surface area (Å²) < 4.78 is 26.9. The lowest BCUT2D eigenvalue weighted by Gasteiger charge is -2.06. The first-order valence-corrected chi connectivity index (χ1v) is 6.90. The van der Waals surface area contributed by atoms with E-state index in [1.165, 1.54) is 24.7 Å². The first kappa shape index (κ1) is 12.0. The molecule has 2 rings (SSSR count). The van der Waals surface area contributed by atoms with E-state index in [1.54, 1.807) is 18.2 Å². The van der Waals surface area contributed by atoms with E-state index in [2.05, 4.69) is 30.6 Å². The van der Waals surface area contributed by atoms with E-state index in [0.717, 1.165) is 4.47 Å². The van der Waals surface area contributed by atoms with Crippen LogP contribution in [0.25, 0.3) is 0 Å². The van der Waals surface area contributed by atoms with Crippen molar-refractivity contribution in [3.8, 4) is 0 Å². The summed E-state index contributed by atoms with van der Waals surface area (Å²) in [6.07, 6.45) is 4.29. The van der Waals surface area contributed by atoms with E-state index >= 15 is 0 Å². The number of sulfonamides is 1. The molecule has 0 aliphatic rings. The Morgan fingerprint density at radius 1 is 1.24 bits per heavy atom. The highest BCUT2D eigenvalue weighted by Gasteiger charge is 2.14. The maximum atomic E-state index is 11.9. The van der Waals surface area contributed by atoms with Gasteiger partial charge in [-0.2, -0.15) is 0 Å². The smallest absolute Gasteiger partial charge is 0.263 e. The highest BCUT2D eigenvalue weighted by molar-refractivity contribution is 9.10. The SMILES string of the molecule is O=S(=O)(Nc1cc(Br)ccn1)c1cccnc1. The highest BCUT2D eigenvalue weighted by atomic mass is 79.9. The van der Waals surface area contributed by atoms with Gasteiger partial charge in [-0.3, -0.25) is 9.71 Å². The zero-order chi connectivity index (χ0) is 12.3. The van der Waals surface area contributed by atoms with Gasteiger partial charge in [0.15, 0.2) is 0 Å². The molecule has 2 aromatic rings. The van der Waals surface area contributed by atoms with Crippen molar-refractivity contribution in [1.29, 1.82) is 0 Å². The fourth-order valence-corrected chi connectivity index (χ4v) is 2.46. The highest BCUT2D eigenvalue weighted by Crippen LogP contribution is 2.16. The third-order valence-corrected chi connectivity index (χ3v) is 3.74. The van der Waals surface area contributed by atoms with Crippen LogP contribution in [0.4, 0.5) is 5.82 Å². The predicted octanol–water partition coefficient (Wildman–Crippen LogP) is 2.04. The molecule has 0 aliphatic heterocycles. The van der Waals surface area contributed by atoms with Gasteiger partial charge < -0.3 is 0 Å². The van der Waals surface area contributed by atoms with Gasteiger partial charge in [0, 0.05) is 23.1 Å². The zero-order valence-corrected chi connectivity index (χ0v) is 10.9. The quantitative estimate of drug-likeness (QED) is 0.941. The molecule has 0 atom stereocenters. The third-order valence-electron chi connectivity index (χ3n) is 1.91. The molecule has 0 bridgehead atoms. The van der Waals surface area contributed by atoms with Crippen LogP contribution in [0.5, 0.6) is 0 Å². The molecule has 7 heteroatoms. The standard InChI is InChI=1S/C10H8BrN3O2S/c11-8-3-5-13-10(6-8)14-17(15,16)9-2-1-4-12-7-9/h1-7H,(H,13,14). The first-order chi connectivity index (χ1) is 8.08. The normalized spacial score (nSPS) is 11.1. The Kier molecular flexibility index (Phi) is 3.39. The number of halogens is 1. The van der Waals surface area contributed by atoms with Crippen LogP contribution in [0.1, 0.15) is 0 Å². The number of aromatic nitrogens is 2. The van der Waals surface area contributed by atoms with E-state index < -0.39 is 10.0 Å². The second kappa shape index (κ2) is 4.80. The molecule has 0 aromatic carbocycles. The Morgan fingerprint density at radius 2 is 2.06 bits per heavy atom. The van der Waals surface area contributed by atoms with Crippen molar-refractivity contribution in [3.63, 3.8) is 0 Å². The molecule has 0 aliphatic carbocycles. The Labute approximate surface area is 107 Å². The first-order valence-electron chi connectivity index (χ1n) is 4.62. The van der Waals surface area contributed by atoms with E-state index in [9.17, 15) is 8.42 Å². The molecule has 0 spiro atoms. The van der Waals surface area contributed by atoms with E-state index in [-0.39, 0.29) is 10.7 Å². The summed E-state index contributed by atoms with van der Waals surface area (Å²) in [5, 5.41) is 0. The van der Waals surface area contributed by atoms with Crippen LogP contribution in [0.2, 0.25) is 0 Å². The second-order valence-corrected chi connectivity index (χ2v) is 5.75. The average Bonchev–Trinajstić information content (AvgIpc) is 2.29. The van der Waals surface area contributed by atoms with E-state index in [4.69, 9.17) is 0 Å². The van der Waals surface area contributed by atoms with Crippen LogP contribution in [0, 0.1) is 0 Å². The maximum Gasteiger partial charge on any atom is 0.264 e. The topological polar surface area (TPSA) is 72.0 Å². The lowest BCUT2D eigenvalue weighted by atomic mass is 10.5. The molecule has 0 amide bonds. The molecule has 2 aromatic heterocycles. The van der Waals surface area contributed by atoms with Crippen molar-refractivity contribution < 1.29 is 8.42 Å². The summed E-state index contributed by atoms with van der Waals surface area (Å²) in [4.78, 5) is 7.77. The molecular formula is C10H8BrN3O2S. The fourth-order valence-electron chi connectivity index (χ4n) is 1.16. The van der Waals surface area contributed by atoms with Crippen LogP contribution < -0.4 is 4.72 Å². The number of hydrogen-bond donors (Lipinski definition) is 1. The molecule has 0 unspecified atom stereocenters. The number of nitrogens with one attached hydrogen (secondary N) is 1. The van der Waals surface area contributed by atoms with Gasteiger partial charge >= 0.3 is 0 Å². The Morgan fingerprint density at radius 3 is 2.71 bits per heavy atom. The number of anilines is 1. The molecule has 0 radical (unpaired) electrons. The zero-order valence-electron chi connectivity index (χ0n) is 8.54. The van der Waals surface area contributed by atoms with Gasteiger partial charge in [-0.1, -0.05) is 15.9 Å². The van der Waals surface area contributed by atoms with Crippen LogP contribution in [0.15, 0.2) is 52.2 Å². The summed E-state index contributed by atoms with van der Waals surface area (Å²) in [6.45, 7) is 0. The maximum absolute atomic E-state index is 11.9. The monoisotopic (exact) mass is 313 g/mol. The summed E-state index contributed by atoms with van der Waals surface area (Å²) in [5.41, 5.74) is 0. The molecule has 5 nitrogen and oxygen atoms in total. The van der Waals surface area contributed by atoms with Gasteiger partial charge in [-0.25, -0.2) is 13.4 Å². The average molecular weight is 314 g/mol. The van der Waals surface area contributed by atoms with Gasteiger partial charge in [0.25, 0.3) is 10.0 Å². The molecular weight excluding hydrogens is 306 g/mol. The van der Waals surface area contributed by atoms with Crippen molar-refractivity contribution in [1.82, 2.24) is 9.97 Å². The van der Waals surface area contributed by atoms with Crippen LogP contribution >= 0.6 is 15.9 Å². The summed E-state index contributed by atoms with van der Waals surface area (Å²) in [6, 6.07) is 6.31.